The van der Waals surface area contributed by atoms with Crippen LogP contribution in [-0.4, -0.2) is 23.4 Å². The summed E-state index contributed by atoms with van der Waals surface area (Å²) >= 11 is 0. The second kappa shape index (κ2) is 6.02. The number of imide groups is 1. The van der Waals surface area contributed by atoms with E-state index in [1.54, 1.807) is 24.3 Å². The first-order valence-corrected chi connectivity index (χ1v) is 4.32. The quantitative estimate of drug-likeness (QED) is 0.335. The van der Waals surface area contributed by atoms with Gasteiger partial charge in [0.15, 0.2) is 0 Å². The smallest absolute Gasteiger partial charge is 0.340 e. The maximum absolute atomic E-state index is 11.1. The van der Waals surface area contributed by atoms with Crippen LogP contribution >= 0.6 is 0 Å². The molecule has 84 valence electrons. The van der Waals surface area contributed by atoms with Crippen molar-refractivity contribution in [2.45, 2.75) is 0 Å². The van der Waals surface area contributed by atoms with E-state index < -0.39 is 11.9 Å². The van der Waals surface area contributed by atoms with E-state index in [0.29, 0.717) is 11.9 Å². The minimum atomic E-state index is -0.824. The van der Waals surface area contributed by atoms with Crippen LogP contribution in [0.3, 0.4) is 0 Å². The third-order valence-electron chi connectivity index (χ3n) is 1.51. The summed E-state index contributed by atoms with van der Waals surface area (Å²) in [5.74, 6) is -0.824. The van der Waals surface area contributed by atoms with Crippen molar-refractivity contribution in [3.63, 3.8) is 0 Å². The molecule has 0 radical (unpaired) electrons. The molecule has 0 fully saturated rings. The summed E-state index contributed by atoms with van der Waals surface area (Å²) in [5, 5.41) is 12.4. The van der Waals surface area contributed by atoms with E-state index in [9.17, 15) is 9.59 Å². The predicted molar refractivity (Wildman–Crippen MR) is 57.0 cm³/mol. The summed E-state index contributed by atoms with van der Waals surface area (Å²) in [6.07, 6.45) is 0.572. The van der Waals surface area contributed by atoms with Crippen LogP contribution in [-0.2, 0) is 4.79 Å². The van der Waals surface area contributed by atoms with Crippen LogP contribution in [0.1, 0.15) is 0 Å². The molecular formula is C9H10N4O3. The maximum Gasteiger partial charge on any atom is 0.340 e. The fourth-order valence-corrected chi connectivity index (χ4v) is 0.878. The van der Waals surface area contributed by atoms with Crippen LogP contribution in [0.5, 0.6) is 0 Å². The molecule has 0 saturated carbocycles. The molecule has 1 aromatic carbocycles. The lowest BCUT2D eigenvalue weighted by molar-refractivity contribution is -0.113. The van der Waals surface area contributed by atoms with Crippen LogP contribution in [0.15, 0.2) is 35.5 Å². The zero-order valence-electron chi connectivity index (χ0n) is 8.18. The van der Waals surface area contributed by atoms with Crippen LogP contribution in [0.25, 0.3) is 0 Å². The average Bonchev–Trinajstić information content (AvgIpc) is 2.28. The molecule has 1 rings (SSSR count). The third-order valence-corrected chi connectivity index (χ3v) is 1.51. The predicted octanol–water partition coefficient (Wildman–Crippen LogP) is 0.299. The number of hydrogen-bond acceptors (Lipinski definition) is 5. The number of amides is 3. The lowest BCUT2D eigenvalue weighted by Crippen LogP contribution is -2.42. The number of carbonyl (C=O) groups is 2. The molecule has 0 atom stereocenters. The zero-order valence-corrected chi connectivity index (χ0v) is 8.18. The highest BCUT2D eigenvalue weighted by molar-refractivity contribution is 6.29. The second-order valence-corrected chi connectivity index (χ2v) is 2.68. The van der Waals surface area contributed by atoms with Crippen LogP contribution in [0.4, 0.5) is 10.5 Å². The molecule has 0 aromatic heterocycles. The molecular weight excluding hydrogens is 212 g/mol. The van der Waals surface area contributed by atoms with Gasteiger partial charge in [0, 0.05) is 0 Å². The molecule has 3 amide bonds. The van der Waals surface area contributed by atoms with Crippen LogP contribution in [0, 0.1) is 0 Å². The van der Waals surface area contributed by atoms with Gasteiger partial charge in [-0.15, -0.1) is 0 Å². The molecule has 7 nitrogen and oxygen atoms in total. The molecule has 0 unspecified atom stereocenters. The Bertz CT molecular complexity index is 391. The first-order chi connectivity index (χ1) is 7.72. The van der Waals surface area contributed by atoms with Gasteiger partial charge in [-0.25, -0.2) is 4.79 Å². The monoisotopic (exact) mass is 222 g/mol. The van der Waals surface area contributed by atoms with Crippen molar-refractivity contribution in [1.82, 2.24) is 10.7 Å². The Labute approximate surface area is 91.1 Å². The van der Waals surface area contributed by atoms with Crippen molar-refractivity contribution in [3.05, 3.63) is 30.3 Å². The Kier molecular flexibility index (Phi) is 4.33. The fraction of sp³-hybridized carbons (Fsp3) is 0. The van der Waals surface area contributed by atoms with Crippen molar-refractivity contribution in [1.29, 1.82) is 0 Å². The van der Waals surface area contributed by atoms with Crippen molar-refractivity contribution in [2.75, 3.05) is 5.43 Å². The fourth-order valence-electron chi connectivity index (χ4n) is 0.878. The van der Waals surface area contributed by atoms with E-state index in [0.717, 1.165) is 0 Å². The number of nitrogens with zero attached hydrogens (tertiary/aromatic N) is 1. The molecule has 0 aliphatic carbocycles. The molecule has 7 heteroatoms. The first kappa shape index (κ1) is 11.5. The molecule has 0 heterocycles. The molecule has 1 aromatic rings. The van der Waals surface area contributed by atoms with Crippen LogP contribution in [0.2, 0.25) is 0 Å². The van der Waals surface area contributed by atoms with E-state index in [2.05, 4.69) is 16.0 Å². The molecule has 16 heavy (non-hydrogen) atoms. The Morgan fingerprint density at radius 3 is 2.56 bits per heavy atom. The van der Waals surface area contributed by atoms with E-state index >= 15 is 0 Å². The first-order valence-electron chi connectivity index (χ1n) is 4.32. The lowest BCUT2D eigenvalue weighted by Gasteiger charge is -2.07. The summed E-state index contributed by atoms with van der Waals surface area (Å²) in [7, 11) is 0. The normalized spacial score (nSPS) is 9.75. The number of carbonyl (C=O) groups excluding carboxylic acids is 2. The number of urea groups is 1. The van der Waals surface area contributed by atoms with Gasteiger partial charge in [0.05, 0.1) is 5.69 Å². The molecule has 0 bridgehead atoms. The summed E-state index contributed by atoms with van der Waals surface area (Å²) in [6, 6.07) is 8.10. The van der Waals surface area contributed by atoms with Gasteiger partial charge >= 0.3 is 6.03 Å². The van der Waals surface area contributed by atoms with Crippen molar-refractivity contribution < 1.29 is 14.8 Å². The number of hydrogen-bond donors (Lipinski definition) is 4. The molecule has 0 spiro atoms. The minimum Gasteiger partial charge on any atom is -0.411 e. The van der Waals surface area contributed by atoms with Crippen LogP contribution < -0.4 is 16.2 Å². The van der Waals surface area contributed by atoms with Crippen molar-refractivity contribution in [3.8, 4) is 0 Å². The largest absolute Gasteiger partial charge is 0.411 e. The van der Waals surface area contributed by atoms with E-state index in [4.69, 9.17) is 5.21 Å². The van der Waals surface area contributed by atoms with Gasteiger partial charge in [0.1, 0.15) is 6.21 Å². The van der Waals surface area contributed by atoms with Gasteiger partial charge in [-0.2, -0.15) is 0 Å². The van der Waals surface area contributed by atoms with Gasteiger partial charge in [0.2, 0.25) is 0 Å². The molecule has 0 aliphatic rings. The molecule has 0 saturated heterocycles. The summed E-state index contributed by atoms with van der Waals surface area (Å²) < 4.78 is 0. The summed E-state index contributed by atoms with van der Waals surface area (Å²) in [5.41, 5.74) is 5.46. The van der Waals surface area contributed by atoms with E-state index in [1.807, 2.05) is 11.4 Å². The number of nitrogens with one attached hydrogen (secondary N) is 3. The Hall–Kier alpha value is -2.57. The number of benzene rings is 1. The highest BCUT2D eigenvalue weighted by Crippen LogP contribution is 2.01. The average molecular weight is 222 g/mol. The highest BCUT2D eigenvalue weighted by atomic mass is 16.4. The standard InChI is InChI=1S/C9H10N4O3/c14-8(6-10-16)11-9(15)13-12-7-4-2-1-3-5-7/h1-6,12,16H,(H2,11,13,14,15). The summed E-state index contributed by atoms with van der Waals surface area (Å²) in [4.78, 5) is 21.8. The van der Waals surface area contributed by atoms with Gasteiger partial charge in [-0.05, 0) is 12.1 Å². The van der Waals surface area contributed by atoms with E-state index in [1.165, 1.54) is 0 Å². The van der Waals surface area contributed by atoms with Crippen molar-refractivity contribution in [2.24, 2.45) is 5.16 Å². The Morgan fingerprint density at radius 1 is 1.25 bits per heavy atom. The number of oxime groups is 1. The number of rotatable bonds is 3. The van der Waals surface area contributed by atoms with E-state index in [-0.39, 0.29) is 0 Å². The Morgan fingerprint density at radius 2 is 1.94 bits per heavy atom. The number of hydrazine groups is 1. The van der Waals surface area contributed by atoms with Gasteiger partial charge in [0.25, 0.3) is 5.91 Å². The topological polar surface area (TPSA) is 103 Å². The molecule has 4 N–H and O–H groups in total. The maximum atomic E-state index is 11.1. The number of para-hydroxylation sites is 1. The van der Waals surface area contributed by atoms with Gasteiger partial charge in [-0.3, -0.25) is 21.0 Å². The number of anilines is 1. The highest BCUT2D eigenvalue weighted by Gasteiger charge is 2.03. The summed E-state index contributed by atoms with van der Waals surface area (Å²) in [6.45, 7) is 0. The second-order valence-electron chi connectivity index (χ2n) is 2.68. The zero-order chi connectivity index (χ0) is 11.8. The third kappa shape index (κ3) is 4.09. The van der Waals surface area contributed by atoms with Gasteiger partial charge < -0.3 is 5.21 Å². The lowest BCUT2D eigenvalue weighted by atomic mass is 10.3. The van der Waals surface area contributed by atoms with Gasteiger partial charge in [-0.1, -0.05) is 23.4 Å². The SMILES string of the molecule is O=C(C=NO)NC(=O)NNc1ccccc1. The van der Waals surface area contributed by atoms with Crippen molar-refractivity contribution >= 4 is 23.8 Å². The molecule has 0 aliphatic heterocycles. The minimum absolute atomic E-state index is 0.572. The Balaban J connectivity index is 2.33.